The summed E-state index contributed by atoms with van der Waals surface area (Å²) in [6.07, 6.45) is 0. The molecule has 110 valence electrons. The number of nitrogens with zero attached hydrogens (tertiary/aromatic N) is 1. The van der Waals surface area contributed by atoms with Crippen molar-refractivity contribution >= 4 is 27.5 Å². The highest BCUT2D eigenvalue weighted by molar-refractivity contribution is 7.91. The molecule has 1 atom stereocenters. The summed E-state index contributed by atoms with van der Waals surface area (Å²) < 4.78 is 24.2. The highest BCUT2D eigenvalue weighted by Crippen LogP contribution is 2.38. The average Bonchev–Trinajstić information content (AvgIpc) is 2.59. The number of benzene rings is 1. The Bertz CT molecular complexity index is 643. The van der Waals surface area contributed by atoms with E-state index in [-0.39, 0.29) is 22.7 Å². The predicted octanol–water partition coefficient (Wildman–Crippen LogP) is 2.22. The number of urea groups is 1. The predicted molar refractivity (Wildman–Crippen MR) is 77.7 cm³/mol. The fourth-order valence-electron chi connectivity index (χ4n) is 2.26. The number of carbonyl (C=O) groups excluding carboxylic acids is 1. The number of carbonyl (C=O) groups is 1. The molecule has 0 bridgehead atoms. The van der Waals surface area contributed by atoms with Crippen molar-refractivity contribution in [3.05, 3.63) is 28.8 Å². The summed E-state index contributed by atoms with van der Waals surface area (Å²) in [6.45, 7) is 3.70. The van der Waals surface area contributed by atoms with Crippen LogP contribution in [0.15, 0.2) is 23.1 Å². The second-order valence-electron chi connectivity index (χ2n) is 5.19. The van der Waals surface area contributed by atoms with Gasteiger partial charge < -0.3 is 10.2 Å². The Morgan fingerprint density at radius 3 is 2.70 bits per heavy atom. The molecule has 2 amide bonds. The van der Waals surface area contributed by atoms with Crippen LogP contribution in [0.1, 0.15) is 25.5 Å². The third-order valence-corrected chi connectivity index (χ3v) is 5.27. The molecule has 0 saturated heterocycles. The van der Waals surface area contributed by atoms with Gasteiger partial charge in [0.2, 0.25) is 0 Å². The fraction of sp³-hybridized carbons (Fsp3) is 0.462. The van der Waals surface area contributed by atoms with Crippen molar-refractivity contribution < 1.29 is 13.2 Å². The largest absolute Gasteiger partial charge is 0.336 e. The van der Waals surface area contributed by atoms with Crippen molar-refractivity contribution in [2.45, 2.75) is 30.8 Å². The summed E-state index contributed by atoms with van der Waals surface area (Å²) in [7, 11) is -1.77. The zero-order valence-corrected chi connectivity index (χ0v) is 13.1. The molecular weight excluding hydrogens is 300 g/mol. The van der Waals surface area contributed by atoms with Gasteiger partial charge in [0.1, 0.15) is 0 Å². The molecule has 0 aliphatic carbocycles. The van der Waals surface area contributed by atoms with E-state index in [9.17, 15) is 13.2 Å². The van der Waals surface area contributed by atoms with Crippen LogP contribution < -0.4 is 5.32 Å². The average molecular weight is 317 g/mol. The molecule has 0 aromatic heterocycles. The Labute approximate surface area is 123 Å². The lowest BCUT2D eigenvalue weighted by Gasteiger charge is -2.25. The Morgan fingerprint density at radius 1 is 1.45 bits per heavy atom. The van der Waals surface area contributed by atoms with Gasteiger partial charge in [-0.3, -0.25) is 0 Å². The second-order valence-corrected chi connectivity index (χ2v) is 7.63. The Kier molecular flexibility index (Phi) is 3.97. The maximum absolute atomic E-state index is 12.1. The Morgan fingerprint density at radius 2 is 2.10 bits per heavy atom. The molecule has 1 N–H and O–H groups in total. The van der Waals surface area contributed by atoms with E-state index < -0.39 is 15.9 Å². The molecule has 1 aliphatic rings. The lowest BCUT2D eigenvalue weighted by Crippen LogP contribution is -2.43. The summed E-state index contributed by atoms with van der Waals surface area (Å²) in [4.78, 5) is 13.7. The van der Waals surface area contributed by atoms with Gasteiger partial charge in [-0.25, -0.2) is 13.2 Å². The van der Waals surface area contributed by atoms with Gasteiger partial charge in [-0.1, -0.05) is 11.6 Å². The number of rotatable bonds is 2. The van der Waals surface area contributed by atoms with E-state index in [2.05, 4.69) is 5.32 Å². The zero-order chi connectivity index (χ0) is 15.1. The van der Waals surface area contributed by atoms with E-state index in [1.165, 1.54) is 11.0 Å². The van der Waals surface area contributed by atoms with E-state index in [4.69, 9.17) is 11.6 Å². The van der Waals surface area contributed by atoms with E-state index in [0.717, 1.165) is 0 Å². The van der Waals surface area contributed by atoms with Crippen LogP contribution in [0.2, 0.25) is 5.02 Å². The van der Waals surface area contributed by atoms with Crippen molar-refractivity contribution in [1.29, 1.82) is 0 Å². The standard InChI is InChI=1S/C13H17ClN2O3S/c1-8(2)15-13(17)16(3)11-7-20(18,19)12-5-4-9(14)6-10(11)12/h4-6,8,11H,7H2,1-3H3,(H,15,17). The van der Waals surface area contributed by atoms with Crippen molar-refractivity contribution in [3.8, 4) is 0 Å². The van der Waals surface area contributed by atoms with Gasteiger partial charge in [-0.15, -0.1) is 0 Å². The summed E-state index contributed by atoms with van der Waals surface area (Å²) in [5.41, 5.74) is 0.582. The van der Waals surface area contributed by atoms with Gasteiger partial charge in [0.15, 0.2) is 9.84 Å². The van der Waals surface area contributed by atoms with Crippen LogP contribution in [0.25, 0.3) is 0 Å². The van der Waals surface area contributed by atoms with Gasteiger partial charge in [0, 0.05) is 18.1 Å². The minimum absolute atomic E-state index is 0.0122. The molecule has 1 aromatic rings. The Hall–Kier alpha value is -1.27. The second kappa shape index (κ2) is 5.26. The molecule has 1 unspecified atom stereocenters. The molecule has 0 spiro atoms. The van der Waals surface area contributed by atoms with Crippen LogP contribution in [0.4, 0.5) is 4.79 Å². The highest BCUT2D eigenvalue weighted by Gasteiger charge is 2.38. The van der Waals surface area contributed by atoms with Gasteiger partial charge in [-0.2, -0.15) is 0 Å². The van der Waals surface area contributed by atoms with E-state index in [0.29, 0.717) is 10.6 Å². The van der Waals surface area contributed by atoms with Crippen molar-refractivity contribution in [2.24, 2.45) is 0 Å². The first-order chi connectivity index (χ1) is 9.22. The number of hydrogen-bond donors (Lipinski definition) is 1. The molecule has 0 saturated carbocycles. The van der Waals surface area contributed by atoms with Gasteiger partial charge in [-0.05, 0) is 37.6 Å². The fourth-order valence-corrected chi connectivity index (χ4v) is 4.27. The van der Waals surface area contributed by atoms with Crippen molar-refractivity contribution in [1.82, 2.24) is 10.2 Å². The number of amides is 2. The van der Waals surface area contributed by atoms with Gasteiger partial charge >= 0.3 is 6.03 Å². The molecule has 0 fully saturated rings. The molecule has 1 aromatic carbocycles. The quantitative estimate of drug-likeness (QED) is 0.909. The third-order valence-electron chi connectivity index (χ3n) is 3.24. The van der Waals surface area contributed by atoms with Crippen LogP contribution in [0.5, 0.6) is 0 Å². The maximum atomic E-state index is 12.1. The molecule has 2 rings (SSSR count). The van der Waals surface area contributed by atoms with Crippen LogP contribution in [0, 0.1) is 0 Å². The van der Waals surface area contributed by atoms with Crippen LogP contribution in [-0.2, 0) is 9.84 Å². The molecule has 1 aliphatic heterocycles. The lowest BCUT2D eigenvalue weighted by atomic mass is 10.1. The van der Waals surface area contributed by atoms with Crippen LogP contribution in [0.3, 0.4) is 0 Å². The van der Waals surface area contributed by atoms with E-state index in [1.807, 2.05) is 13.8 Å². The molecular formula is C13H17ClN2O3S. The highest BCUT2D eigenvalue weighted by atomic mass is 35.5. The van der Waals surface area contributed by atoms with Gasteiger partial charge in [0.25, 0.3) is 0 Å². The molecule has 7 heteroatoms. The first-order valence-corrected chi connectivity index (χ1v) is 8.31. The maximum Gasteiger partial charge on any atom is 0.317 e. The third kappa shape index (κ3) is 2.76. The first-order valence-electron chi connectivity index (χ1n) is 6.28. The number of halogens is 1. The van der Waals surface area contributed by atoms with Crippen LogP contribution in [-0.4, -0.2) is 38.2 Å². The van der Waals surface area contributed by atoms with Crippen LogP contribution >= 0.6 is 11.6 Å². The Balaban J connectivity index is 2.37. The number of hydrogen-bond acceptors (Lipinski definition) is 3. The minimum Gasteiger partial charge on any atom is -0.336 e. The minimum atomic E-state index is -3.36. The number of nitrogens with one attached hydrogen (secondary N) is 1. The summed E-state index contributed by atoms with van der Waals surface area (Å²) in [5.74, 6) is -0.106. The smallest absolute Gasteiger partial charge is 0.317 e. The molecule has 20 heavy (non-hydrogen) atoms. The summed E-state index contributed by atoms with van der Waals surface area (Å²) in [5, 5.41) is 3.21. The van der Waals surface area contributed by atoms with E-state index >= 15 is 0 Å². The van der Waals surface area contributed by atoms with E-state index in [1.54, 1.807) is 19.2 Å². The SMILES string of the molecule is CC(C)NC(=O)N(C)C1CS(=O)(=O)c2ccc(Cl)cc21. The summed E-state index contributed by atoms with van der Waals surface area (Å²) >= 11 is 5.94. The monoisotopic (exact) mass is 316 g/mol. The lowest BCUT2D eigenvalue weighted by molar-refractivity contribution is 0.193. The molecule has 5 nitrogen and oxygen atoms in total. The van der Waals surface area contributed by atoms with Crippen molar-refractivity contribution in [3.63, 3.8) is 0 Å². The van der Waals surface area contributed by atoms with Gasteiger partial charge in [0.05, 0.1) is 16.7 Å². The molecule has 1 heterocycles. The first kappa shape index (κ1) is 15.1. The van der Waals surface area contributed by atoms with Crippen molar-refractivity contribution in [2.75, 3.05) is 12.8 Å². The number of sulfone groups is 1. The number of fused-ring (bicyclic) bond motifs is 1. The molecule has 0 radical (unpaired) electrons. The summed E-state index contributed by atoms with van der Waals surface area (Å²) in [6, 6.07) is 3.85. The zero-order valence-electron chi connectivity index (χ0n) is 11.6. The normalized spacial score (nSPS) is 19.8. The topological polar surface area (TPSA) is 66.5 Å².